The van der Waals surface area contributed by atoms with Gasteiger partial charge in [0, 0.05) is 11.0 Å². The molecule has 1 heterocycles. The van der Waals surface area contributed by atoms with E-state index in [9.17, 15) is 13.2 Å². The van der Waals surface area contributed by atoms with Crippen molar-refractivity contribution in [3.8, 4) is 0 Å². The Balaban J connectivity index is 2.46. The average molecular weight is 199 g/mol. The Morgan fingerprint density at radius 2 is 2.08 bits per heavy atom. The van der Waals surface area contributed by atoms with Gasteiger partial charge in [0.1, 0.15) is 6.04 Å². The third kappa shape index (κ3) is 2.86. The first-order chi connectivity index (χ1) is 5.50. The average Bonchev–Trinajstić information content (AvgIpc) is 2.11. The first kappa shape index (κ1) is 10.2. The zero-order valence-electron chi connectivity index (χ0n) is 6.82. The van der Waals surface area contributed by atoms with Gasteiger partial charge in [0.15, 0.2) is 0 Å². The summed E-state index contributed by atoms with van der Waals surface area (Å²) in [7, 11) is 0. The molecule has 0 aliphatic carbocycles. The van der Waals surface area contributed by atoms with Crippen molar-refractivity contribution in [2.75, 3.05) is 12.3 Å². The van der Waals surface area contributed by atoms with Crippen LogP contribution in [-0.4, -0.2) is 29.8 Å². The van der Waals surface area contributed by atoms with Crippen LogP contribution in [0.25, 0.3) is 0 Å². The monoisotopic (exact) mass is 199 g/mol. The van der Waals surface area contributed by atoms with Crippen LogP contribution >= 0.6 is 11.8 Å². The van der Waals surface area contributed by atoms with Gasteiger partial charge >= 0.3 is 6.18 Å². The third-order valence-corrected chi connectivity index (χ3v) is 3.21. The van der Waals surface area contributed by atoms with E-state index in [0.717, 1.165) is 6.42 Å². The lowest BCUT2D eigenvalue weighted by Gasteiger charge is -2.18. The first-order valence-corrected chi connectivity index (χ1v) is 4.96. The highest BCUT2D eigenvalue weighted by Gasteiger charge is 2.40. The summed E-state index contributed by atoms with van der Waals surface area (Å²) in [6.07, 6.45) is -3.27. The molecule has 0 aromatic rings. The number of hydrogen-bond donors (Lipinski definition) is 1. The molecule has 0 amide bonds. The lowest BCUT2D eigenvalue weighted by Crippen LogP contribution is -2.43. The van der Waals surface area contributed by atoms with Crippen molar-refractivity contribution < 1.29 is 13.2 Å². The molecule has 0 saturated carbocycles. The minimum atomic E-state index is -4.09. The normalized spacial score (nSPS) is 33.0. The fraction of sp³-hybridized carbons (Fsp3) is 1.00. The van der Waals surface area contributed by atoms with Gasteiger partial charge in [-0.25, -0.2) is 0 Å². The van der Waals surface area contributed by atoms with E-state index < -0.39 is 12.2 Å². The molecule has 72 valence electrons. The highest BCUT2D eigenvalue weighted by Crippen LogP contribution is 2.27. The Morgan fingerprint density at radius 1 is 1.42 bits per heavy atom. The van der Waals surface area contributed by atoms with E-state index >= 15 is 0 Å². The maximum absolute atomic E-state index is 12.2. The fourth-order valence-corrected chi connectivity index (χ4v) is 2.19. The second-order valence-corrected chi connectivity index (χ2v) is 4.45. The molecule has 1 nitrogen and oxygen atoms in total. The van der Waals surface area contributed by atoms with E-state index in [-0.39, 0.29) is 5.75 Å². The molecule has 2 unspecified atom stereocenters. The smallest absolute Gasteiger partial charge is 0.305 e. The minimum absolute atomic E-state index is 0.144. The number of alkyl halides is 3. The molecule has 1 rings (SSSR count). The van der Waals surface area contributed by atoms with Crippen LogP contribution in [0.3, 0.4) is 0 Å². The van der Waals surface area contributed by atoms with Gasteiger partial charge in [-0.15, -0.1) is 0 Å². The number of halogens is 3. The zero-order chi connectivity index (χ0) is 9.19. The lowest BCUT2D eigenvalue weighted by atomic mass is 10.3. The molecule has 5 heteroatoms. The summed E-state index contributed by atoms with van der Waals surface area (Å²) in [6, 6.07) is -1.31. The second kappa shape index (κ2) is 3.87. The molecule has 0 aromatic carbocycles. The molecule has 1 saturated heterocycles. The van der Waals surface area contributed by atoms with Crippen LogP contribution in [-0.2, 0) is 0 Å². The van der Waals surface area contributed by atoms with Crippen LogP contribution in [0.15, 0.2) is 0 Å². The largest absolute Gasteiger partial charge is 0.404 e. The molecule has 0 aromatic heterocycles. The summed E-state index contributed by atoms with van der Waals surface area (Å²) in [5.41, 5.74) is 0. The molecule has 1 aliphatic heterocycles. The summed E-state index contributed by atoms with van der Waals surface area (Å²) >= 11 is 1.39. The number of rotatable bonds is 0. The molecule has 2 atom stereocenters. The van der Waals surface area contributed by atoms with Crippen molar-refractivity contribution in [2.24, 2.45) is 0 Å². The van der Waals surface area contributed by atoms with Crippen molar-refractivity contribution in [3.63, 3.8) is 0 Å². The van der Waals surface area contributed by atoms with Crippen molar-refractivity contribution in [2.45, 2.75) is 30.8 Å². The first-order valence-electron chi connectivity index (χ1n) is 3.92. The van der Waals surface area contributed by atoms with Crippen LogP contribution in [0.5, 0.6) is 0 Å². The maximum atomic E-state index is 12.2. The molecule has 0 spiro atoms. The second-order valence-electron chi connectivity index (χ2n) is 2.98. The summed E-state index contributed by atoms with van der Waals surface area (Å²) in [5.74, 6) is 0.144. The highest BCUT2D eigenvalue weighted by molar-refractivity contribution is 7.99. The predicted molar refractivity (Wildman–Crippen MR) is 44.4 cm³/mol. The summed E-state index contributed by atoms with van der Waals surface area (Å²) in [4.78, 5) is 0. The molecule has 1 fully saturated rings. The number of thioether (sulfide) groups is 1. The summed E-state index contributed by atoms with van der Waals surface area (Å²) in [6.45, 7) is 2.43. The van der Waals surface area contributed by atoms with E-state index in [4.69, 9.17) is 0 Å². The fourth-order valence-electron chi connectivity index (χ4n) is 1.07. The van der Waals surface area contributed by atoms with E-state index in [1.165, 1.54) is 11.8 Å². The standard InChI is InChI=1S/C7H12F3NS/c1-5-2-3-11-6(4-12-5)7(8,9)10/h5-6,11H,2-4H2,1H3. The third-order valence-electron chi connectivity index (χ3n) is 1.88. The van der Waals surface area contributed by atoms with Crippen LogP contribution < -0.4 is 5.32 Å². The molecular formula is C7H12F3NS. The lowest BCUT2D eigenvalue weighted by molar-refractivity contribution is -0.149. The van der Waals surface area contributed by atoms with Gasteiger partial charge in [0.05, 0.1) is 0 Å². The summed E-state index contributed by atoms with van der Waals surface area (Å²) < 4.78 is 36.5. The van der Waals surface area contributed by atoms with E-state index in [1.54, 1.807) is 0 Å². The Labute approximate surface area is 74.1 Å². The van der Waals surface area contributed by atoms with Crippen LogP contribution in [0.4, 0.5) is 13.2 Å². The molecule has 0 radical (unpaired) electrons. The van der Waals surface area contributed by atoms with Gasteiger partial charge < -0.3 is 5.32 Å². The van der Waals surface area contributed by atoms with Crippen LogP contribution in [0.1, 0.15) is 13.3 Å². The molecular weight excluding hydrogens is 187 g/mol. The molecule has 1 N–H and O–H groups in total. The Hall–Kier alpha value is 0.100. The van der Waals surface area contributed by atoms with E-state index in [1.807, 2.05) is 6.92 Å². The van der Waals surface area contributed by atoms with Crippen molar-refractivity contribution in [3.05, 3.63) is 0 Å². The van der Waals surface area contributed by atoms with Crippen molar-refractivity contribution in [1.29, 1.82) is 0 Å². The van der Waals surface area contributed by atoms with Gasteiger partial charge in [-0.05, 0) is 13.0 Å². The Bertz CT molecular complexity index is 148. The van der Waals surface area contributed by atoms with Gasteiger partial charge in [0.25, 0.3) is 0 Å². The molecule has 1 aliphatic rings. The van der Waals surface area contributed by atoms with Crippen molar-refractivity contribution >= 4 is 11.8 Å². The highest BCUT2D eigenvalue weighted by atomic mass is 32.2. The molecule has 12 heavy (non-hydrogen) atoms. The quantitative estimate of drug-likeness (QED) is 0.640. The maximum Gasteiger partial charge on any atom is 0.404 e. The van der Waals surface area contributed by atoms with E-state index in [2.05, 4.69) is 5.32 Å². The van der Waals surface area contributed by atoms with E-state index in [0.29, 0.717) is 11.8 Å². The van der Waals surface area contributed by atoms with Crippen LogP contribution in [0, 0.1) is 0 Å². The van der Waals surface area contributed by atoms with Crippen LogP contribution in [0.2, 0.25) is 0 Å². The number of hydrogen-bond acceptors (Lipinski definition) is 2. The molecule has 0 bridgehead atoms. The minimum Gasteiger partial charge on any atom is -0.305 e. The zero-order valence-corrected chi connectivity index (χ0v) is 7.63. The number of nitrogens with one attached hydrogen (secondary N) is 1. The van der Waals surface area contributed by atoms with Gasteiger partial charge in [-0.2, -0.15) is 24.9 Å². The van der Waals surface area contributed by atoms with Gasteiger partial charge in [0.2, 0.25) is 0 Å². The SMILES string of the molecule is CC1CCNC(C(F)(F)F)CS1. The summed E-state index contributed by atoms with van der Waals surface area (Å²) in [5, 5.41) is 2.84. The van der Waals surface area contributed by atoms with Crippen molar-refractivity contribution in [1.82, 2.24) is 5.32 Å². The Morgan fingerprint density at radius 3 is 2.67 bits per heavy atom. The van der Waals surface area contributed by atoms with Gasteiger partial charge in [-0.1, -0.05) is 6.92 Å². The topological polar surface area (TPSA) is 12.0 Å². The van der Waals surface area contributed by atoms with Gasteiger partial charge in [-0.3, -0.25) is 0 Å². The predicted octanol–water partition coefficient (Wildman–Crippen LogP) is 2.03. The Kier molecular flexibility index (Phi) is 3.29.